The first kappa shape index (κ1) is 12.1. The Hall–Kier alpha value is -1.40. The van der Waals surface area contributed by atoms with E-state index in [0.717, 1.165) is 31.7 Å². The van der Waals surface area contributed by atoms with Crippen LogP contribution in [0.5, 0.6) is 0 Å². The molecular formula is C11H19N5O. The van der Waals surface area contributed by atoms with Crippen molar-refractivity contribution in [3.8, 4) is 0 Å². The van der Waals surface area contributed by atoms with Crippen molar-refractivity contribution in [2.75, 3.05) is 30.5 Å². The Balaban J connectivity index is 2.16. The van der Waals surface area contributed by atoms with Gasteiger partial charge < -0.3 is 15.1 Å². The van der Waals surface area contributed by atoms with E-state index in [2.05, 4.69) is 27.2 Å². The fourth-order valence-corrected chi connectivity index (χ4v) is 2.17. The highest BCUT2D eigenvalue weighted by atomic mass is 16.5. The van der Waals surface area contributed by atoms with Gasteiger partial charge in [0.05, 0.1) is 5.60 Å². The highest BCUT2D eigenvalue weighted by Gasteiger charge is 2.31. The first-order chi connectivity index (χ1) is 8.17. The van der Waals surface area contributed by atoms with Crippen LogP contribution in [0.2, 0.25) is 0 Å². The lowest BCUT2D eigenvalue weighted by atomic mass is 9.95. The van der Waals surface area contributed by atoms with Crippen LogP contribution in [0, 0.1) is 0 Å². The second-order valence-electron chi connectivity index (χ2n) is 4.58. The van der Waals surface area contributed by atoms with Gasteiger partial charge in [-0.3, -0.25) is 0 Å². The van der Waals surface area contributed by atoms with Crippen molar-refractivity contribution >= 4 is 11.6 Å². The van der Waals surface area contributed by atoms with E-state index in [-0.39, 0.29) is 5.60 Å². The number of anilines is 2. The normalized spacial score (nSPS) is 24.8. The molecule has 0 bridgehead atoms. The summed E-state index contributed by atoms with van der Waals surface area (Å²) in [7, 11) is 1.76. The van der Waals surface area contributed by atoms with Crippen LogP contribution in [0.4, 0.5) is 11.6 Å². The average Bonchev–Trinajstić information content (AvgIpc) is 2.39. The minimum Gasteiger partial charge on any atom is -0.377 e. The molecule has 0 radical (unpaired) electrons. The molecule has 1 aromatic rings. The van der Waals surface area contributed by atoms with Gasteiger partial charge in [0.15, 0.2) is 0 Å². The third-order valence-electron chi connectivity index (χ3n) is 3.28. The van der Waals surface area contributed by atoms with Crippen molar-refractivity contribution in [2.45, 2.75) is 25.4 Å². The largest absolute Gasteiger partial charge is 0.377 e. The Morgan fingerprint density at radius 3 is 3.06 bits per heavy atom. The van der Waals surface area contributed by atoms with Crippen molar-refractivity contribution in [2.24, 2.45) is 5.84 Å². The summed E-state index contributed by atoms with van der Waals surface area (Å²) >= 11 is 0. The Kier molecular flexibility index (Phi) is 3.44. The molecule has 0 aromatic carbocycles. The number of piperidine rings is 1. The smallest absolute Gasteiger partial charge is 0.145 e. The molecular weight excluding hydrogens is 218 g/mol. The third kappa shape index (κ3) is 2.65. The van der Waals surface area contributed by atoms with Crippen molar-refractivity contribution in [1.29, 1.82) is 0 Å². The number of nitrogens with two attached hydrogens (primary N) is 1. The number of hydrazine groups is 1. The Morgan fingerprint density at radius 1 is 1.53 bits per heavy atom. The molecule has 1 aromatic heterocycles. The number of rotatable bonds is 3. The number of nitrogen functional groups attached to an aromatic ring is 1. The fourth-order valence-electron chi connectivity index (χ4n) is 2.17. The molecule has 1 fully saturated rings. The number of methoxy groups -OCH3 is 1. The van der Waals surface area contributed by atoms with E-state index >= 15 is 0 Å². The maximum absolute atomic E-state index is 5.56. The van der Waals surface area contributed by atoms with Crippen LogP contribution in [0.15, 0.2) is 12.4 Å². The van der Waals surface area contributed by atoms with Crippen LogP contribution in [0.1, 0.15) is 19.8 Å². The number of nitrogens with one attached hydrogen (secondary N) is 1. The zero-order chi connectivity index (χ0) is 12.3. The van der Waals surface area contributed by atoms with Crippen LogP contribution in [-0.4, -0.2) is 35.8 Å². The van der Waals surface area contributed by atoms with Crippen LogP contribution in [-0.2, 0) is 4.74 Å². The van der Waals surface area contributed by atoms with Gasteiger partial charge in [0.25, 0.3) is 0 Å². The van der Waals surface area contributed by atoms with Gasteiger partial charge in [-0.15, -0.1) is 0 Å². The second kappa shape index (κ2) is 4.85. The third-order valence-corrected chi connectivity index (χ3v) is 3.28. The zero-order valence-corrected chi connectivity index (χ0v) is 10.3. The van der Waals surface area contributed by atoms with Crippen LogP contribution in [0.25, 0.3) is 0 Å². The molecule has 2 heterocycles. The molecule has 0 aliphatic carbocycles. The van der Waals surface area contributed by atoms with Crippen molar-refractivity contribution < 1.29 is 4.74 Å². The number of ether oxygens (including phenoxy) is 1. The molecule has 17 heavy (non-hydrogen) atoms. The van der Waals surface area contributed by atoms with Crippen LogP contribution >= 0.6 is 0 Å². The summed E-state index contributed by atoms with van der Waals surface area (Å²) in [6, 6.07) is 1.85. The molecule has 6 nitrogen and oxygen atoms in total. The van der Waals surface area contributed by atoms with E-state index < -0.39 is 0 Å². The predicted molar refractivity (Wildman–Crippen MR) is 66.7 cm³/mol. The lowest BCUT2D eigenvalue weighted by molar-refractivity contribution is -0.00481. The Bertz CT molecular complexity index is 386. The lowest BCUT2D eigenvalue weighted by Crippen LogP contribution is -2.47. The summed E-state index contributed by atoms with van der Waals surface area (Å²) in [6.45, 7) is 3.95. The summed E-state index contributed by atoms with van der Waals surface area (Å²) in [5.41, 5.74) is 2.43. The van der Waals surface area contributed by atoms with Gasteiger partial charge in [-0.1, -0.05) is 0 Å². The molecule has 2 rings (SSSR count). The van der Waals surface area contributed by atoms with E-state index in [1.807, 2.05) is 6.07 Å². The summed E-state index contributed by atoms with van der Waals surface area (Å²) in [4.78, 5) is 10.5. The number of hydrogen-bond donors (Lipinski definition) is 2. The molecule has 6 heteroatoms. The molecule has 1 saturated heterocycles. The standard InChI is InChI=1S/C11H19N5O/c1-11(17-2)4-3-5-16(7-11)10-6-9(15-12)13-8-14-10/h6,8H,3-5,7,12H2,1-2H3,(H,13,14,15). The monoisotopic (exact) mass is 237 g/mol. The maximum Gasteiger partial charge on any atom is 0.145 e. The van der Waals surface area contributed by atoms with Crippen LogP contribution < -0.4 is 16.2 Å². The van der Waals surface area contributed by atoms with E-state index in [1.165, 1.54) is 6.33 Å². The van der Waals surface area contributed by atoms with Crippen LogP contribution in [0.3, 0.4) is 0 Å². The van der Waals surface area contributed by atoms with E-state index in [1.54, 1.807) is 7.11 Å². The summed E-state index contributed by atoms with van der Waals surface area (Å²) in [5, 5.41) is 0. The SMILES string of the molecule is COC1(C)CCCN(c2cc(NN)ncn2)C1. The molecule has 94 valence electrons. The molecule has 1 aliphatic rings. The van der Waals surface area contributed by atoms with Gasteiger partial charge in [0.2, 0.25) is 0 Å². The molecule has 3 N–H and O–H groups in total. The summed E-state index contributed by atoms with van der Waals surface area (Å²) < 4.78 is 5.56. The molecule has 1 aliphatic heterocycles. The average molecular weight is 237 g/mol. The number of aromatic nitrogens is 2. The minimum absolute atomic E-state index is 0.0977. The number of hydrogen-bond acceptors (Lipinski definition) is 6. The maximum atomic E-state index is 5.56. The first-order valence-corrected chi connectivity index (χ1v) is 5.76. The predicted octanol–water partition coefficient (Wildman–Crippen LogP) is 0.767. The van der Waals surface area contributed by atoms with Crippen molar-refractivity contribution in [3.63, 3.8) is 0 Å². The molecule has 0 saturated carbocycles. The van der Waals surface area contributed by atoms with Gasteiger partial charge in [0.1, 0.15) is 18.0 Å². The first-order valence-electron chi connectivity index (χ1n) is 5.76. The lowest BCUT2D eigenvalue weighted by Gasteiger charge is -2.40. The van der Waals surface area contributed by atoms with Gasteiger partial charge in [-0.05, 0) is 19.8 Å². The topological polar surface area (TPSA) is 76.3 Å². The second-order valence-corrected chi connectivity index (χ2v) is 4.58. The quantitative estimate of drug-likeness (QED) is 0.597. The van der Waals surface area contributed by atoms with Gasteiger partial charge >= 0.3 is 0 Å². The molecule has 1 atom stereocenters. The van der Waals surface area contributed by atoms with Crippen molar-refractivity contribution in [1.82, 2.24) is 9.97 Å². The summed E-state index contributed by atoms with van der Waals surface area (Å²) in [5.74, 6) is 6.85. The van der Waals surface area contributed by atoms with E-state index in [0.29, 0.717) is 5.82 Å². The molecule has 0 amide bonds. The van der Waals surface area contributed by atoms with Crippen molar-refractivity contribution in [3.05, 3.63) is 12.4 Å². The zero-order valence-electron chi connectivity index (χ0n) is 10.3. The number of nitrogens with zero attached hydrogens (tertiary/aromatic N) is 3. The van der Waals surface area contributed by atoms with E-state index in [4.69, 9.17) is 10.6 Å². The summed E-state index contributed by atoms with van der Waals surface area (Å²) in [6.07, 6.45) is 3.69. The Labute approximate surface area is 101 Å². The molecule has 1 unspecified atom stereocenters. The van der Waals surface area contributed by atoms with E-state index in [9.17, 15) is 0 Å². The highest BCUT2D eigenvalue weighted by molar-refractivity contribution is 5.48. The highest BCUT2D eigenvalue weighted by Crippen LogP contribution is 2.27. The minimum atomic E-state index is -0.0977. The molecule has 0 spiro atoms. The van der Waals surface area contributed by atoms with Gasteiger partial charge in [-0.2, -0.15) is 0 Å². The van der Waals surface area contributed by atoms with Gasteiger partial charge in [0, 0.05) is 26.3 Å². The fraction of sp³-hybridized carbons (Fsp3) is 0.636. The Morgan fingerprint density at radius 2 is 2.35 bits per heavy atom. The van der Waals surface area contributed by atoms with Gasteiger partial charge in [-0.25, -0.2) is 15.8 Å².